The van der Waals surface area contributed by atoms with Crippen molar-refractivity contribution in [2.75, 3.05) is 25.9 Å². The van der Waals surface area contributed by atoms with Crippen LogP contribution >= 0.6 is 0 Å². The lowest BCUT2D eigenvalue weighted by Gasteiger charge is -2.27. The summed E-state index contributed by atoms with van der Waals surface area (Å²) in [5.41, 5.74) is 6.67. The third-order valence-electron chi connectivity index (χ3n) is 3.53. The first kappa shape index (κ1) is 14.7. The molecule has 110 valence electrons. The average Bonchev–Trinajstić information content (AvgIpc) is 2.41. The molecule has 0 saturated carbocycles. The molecule has 1 heterocycles. The molecule has 2 N–H and O–H groups in total. The molecule has 0 spiro atoms. The minimum Gasteiger partial charge on any atom is -0.393 e. The molecule has 2 rings (SSSR count). The Labute approximate surface area is 118 Å². The molecule has 0 bridgehead atoms. The van der Waals surface area contributed by atoms with Crippen molar-refractivity contribution in [2.24, 2.45) is 0 Å². The van der Waals surface area contributed by atoms with E-state index in [1.54, 1.807) is 12.1 Å². The predicted molar refractivity (Wildman–Crippen MR) is 77.4 cm³/mol. The zero-order valence-electron chi connectivity index (χ0n) is 11.7. The molecular formula is C14H21N3O3. The maximum Gasteiger partial charge on any atom is 0.292 e. The van der Waals surface area contributed by atoms with Crippen LogP contribution in [0, 0.1) is 10.1 Å². The van der Waals surface area contributed by atoms with Crippen LogP contribution < -0.4 is 5.73 Å². The van der Waals surface area contributed by atoms with Crippen LogP contribution in [0.3, 0.4) is 0 Å². The minimum absolute atomic E-state index is 0.0233. The van der Waals surface area contributed by atoms with Crippen molar-refractivity contribution in [1.82, 2.24) is 4.90 Å². The Balaban J connectivity index is 1.95. The zero-order valence-corrected chi connectivity index (χ0v) is 11.7. The Morgan fingerprint density at radius 3 is 2.95 bits per heavy atom. The van der Waals surface area contributed by atoms with Gasteiger partial charge < -0.3 is 10.5 Å². The Hall–Kier alpha value is -1.66. The smallest absolute Gasteiger partial charge is 0.292 e. The largest absolute Gasteiger partial charge is 0.393 e. The van der Waals surface area contributed by atoms with Crippen molar-refractivity contribution in [1.29, 1.82) is 0 Å². The van der Waals surface area contributed by atoms with Gasteiger partial charge in [-0.15, -0.1) is 0 Å². The zero-order chi connectivity index (χ0) is 14.5. The van der Waals surface area contributed by atoms with Gasteiger partial charge >= 0.3 is 0 Å². The normalized spacial score (nSPS) is 19.2. The van der Waals surface area contributed by atoms with Gasteiger partial charge in [0.25, 0.3) is 5.69 Å². The third-order valence-corrected chi connectivity index (χ3v) is 3.53. The first-order chi connectivity index (χ1) is 9.56. The number of hydrogen-bond acceptors (Lipinski definition) is 5. The highest BCUT2D eigenvalue weighted by Gasteiger charge is 2.17. The fraction of sp³-hybridized carbons (Fsp3) is 0.571. The van der Waals surface area contributed by atoms with E-state index in [2.05, 4.69) is 4.90 Å². The first-order valence-electron chi connectivity index (χ1n) is 6.89. The van der Waals surface area contributed by atoms with Gasteiger partial charge in [-0.2, -0.15) is 0 Å². The number of rotatable bonds is 5. The monoisotopic (exact) mass is 279 g/mol. The van der Waals surface area contributed by atoms with Crippen molar-refractivity contribution in [3.8, 4) is 0 Å². The van der Waals surface area contributed by atoms with Crippen molar-refractivity contribution in [2.45, 2.75) is 31.9 Å². The number of nitrogens with two attached hydrogens (primary N) is 1. The summed E-state index contributed by atoms with van der Waals surface area (Å²) < 4.78 is 5.70. The Kier molecular flexibility index (Phi) is 4.92. The summed E-state index contributed by atoms with van der Waals surface area (Å²) in [6.45, 7) is 2.34. The molecule has 0 aromatic heterocycles. The quantitative estimate of drug-likeness (QED) is 0.507. The van der Waals surface area contributed by atoms with Crippen LogP contribution in [0.25, 0.3) is 0 Å². The van der Waals surface area contributed by atoms with Crippen LogP contribution in [0.1, 0.15) is 24.8 Å². The van der Waals surface area contributed by atoms with Gasteiger partial charge in [0.1, 0.15) is 5.69 Å². The number of nitrogen functional groups attached to an aromatic ring is 1. The molecule has 1 fully saturated rings. The molecule has 1 unspecified atom stereocenters. The molecule has 20 heavy (non-hydrogen) atoms. The molecule has 6 heteroatoms. The van der Waals surface area contributed by atoms with Crippen molar-refractivity contribution in [3.63, 3.8) is 0 Å². The van der Waals surface area contributed by atoms with E-state index >= 15 is 0 Å². The van der Waals surface area contributed by atoms with Gasteiger partial charge in [0, 0.05) is 25.8 Å². The molecule has 1 aliphatic rings. The van der Waals surface area contributed by atoms with E-state index in [0.717, 1.165) is 31.6 Å². The molecule has 1 aliphatic heterocycles. The first-order valence-corrected chi connectivity index (χ1v) is 6.89. The molecule has 1 aromatic rings. The summed E-state index contributed by atoms with van der Waals surface area (Å²) >= 11 is 0. The maximum absolute atomic E-state index is 10.9. The molecule has 0 radical (unpaired) electrons. The SMILES string of the molecule is CN(Cc1ccc(N)c([N+](=O)[O-])c1)CC1CCCCO1. The van der Waals surface area contributed by atoms with Gasteiger partial charge in [-0.25, -0.2) is 0 Å². The van der Waals surface area contributed by atoms with Crippen LogP contribution in [-0.4, -0.2) is 36.1 Å². The third kappa shape index (κ3) is 3.91. The number of nitro benzene ring substituents is 1. The molecular weight excluding hydrogens is 258 g/mol. The van der Waals surface area contributed by atoms with E-state index in [4.69, 9.17) is 10.5 Å². The summed E-state index contributed by atoms with van der Waals surface area (Å²) in [6, 6.07) is 4.98. The number of nitrogens with zero attached hydrogens (tertiary/aromatic N) is 2. The molecule has 6 nitrogen and oxygen atoms in total. The second-order valence-electron chi connectivity index (χ2n) is 5.34. The number of ether oxygens (including phenoxy) is 1. The van der Waals surface area contributed by atoms with E-state index in [-0.39, 0.29) is 17.5 Å². The summed E-state index contributed by atoms with van der Waals surface area (Å²) in [5.74, 6) is 0. The van der Waals surface area contributed by atoms with Gasteiger partial charge in [-0.1, -0.05) is 6.07 Å². The van der Waals surface area contributed by atoms with Crippen LogP contribution in [-0.2, 0) is 11.3 Å². The standard InChI is InChI=1S/C14H21N3O3/c1-16(10-12-4-2-3-7-20-12)9-11-5-6-13(15)14(8-11)17(18)19/h5-6,8,12H,2-4,7,9-10,15H2,1H3. The van der Waals surface area contributed by atoms with E-state index in [0.29, 0.717) is 6.54 Å². The molecule has 0 amide bonds. The summed E-state index contributed by atoms with van der Waals surface area (Å²) in [5, 5.41) is 10.9. The summed E-state index contributed by atoms with van der Waals surface area (Å²) in [7, 11) is 2.00. The van der Waals surface area contributed by atoms with Crippen LogP contribution in [0.15, 0.2) is 18.2 Å². The Bertz CT molecular complexity index is 473. The number of anilines is 1. The van der Waals surface area contributed by atoms with Gasteiger partial charge in [-0.3, -0.25) is 15.0 Å². The van der Waals surface area contributed by atoms with E-state index in [1.165, 1.54) is 6.42 Å². The lowest BCUT2D eigenvalue weighted by atomic mass is 10.1. The lowest BCUT2D eigenvalue weighted by molar-refractivity contribution is -0.384. The van der Waals surface area contributed by atoms with E-state index in [9.17, 15) is 10.1 Å². The predicted octanol–water partition coefficient (Wildman–Crippen LogP) is 2.18. The molecule has 0 aliphatic carbocycles. The van der Waals surface area contributed by atoms with Crippen LogP contribution in [0.2, 0.25) is 0 Å². The highest BCUT2D eigenvalue weighted by Crippen LogP contribution is 2.23. The van der Waals surface area contributed by atoms with Crippen molar-refractivity contribution < 1.29 is 9.66 Å². The van der Waals surface area contributed by atoms with Gasteiger partial charge in [0.15, 0.2) is 0 Å². The van der Waals surface area contributed by atoms with Crippen LogP contribution in [0.5, 0.6) is 0 Å². The van der Waals surface area contributed by atoms with Gasteiger partial charge in [0.2, 0.25) is 0 Å². The van der Waals surface area contributed by atoms with E-state index < -0.39 is 4.92 Å². The minimum atomic E-state index is -0.441. The second kappa shape index (κ2) is 6.67. The van der Waals surface area contributed by atoms with Crippen LogP contribution in [0.4, 0.5) is 11.4 Å². The van der Waals surface area contributed by atoms with Crippen molar-refractivity contribution >= 4 is 11.4 Å². The van der Waals surface area contributed by atoms with Gasteiger partial charge in [0.05, 0.1) is 11.0 Å². The Morgan fingerprint density at radius 2 is 2.30 bits per heavy atom. The summed E-state index contributed by atoms with van der Waals surface area (Å²) in [4.78, 5) is 12.6. The fourth-order valence-corrected chi connectivity index (χ4v) is 2.52. The van der Waals surface area contributed by atoms with Gasteiger partial charge in [-0.05, 0) is 37.9 Å². The second-order valence-corrected chi connectivity index (χ2v) is 5.34. The fourth-order valence-electron chi connectivity index (χ4n) is 2.52. The number of hydrogen-bond donors (Lipinski definition) is 1. The number of benzene rings is 1. The summed E-state index contributed by atoms with van der Waals surface area (Å²) in [6.07, 6.45) is 3.72. The molecule has 1 atom stereocenters. The van der Waals surface area contributed by atoms with Crippen molar-refractivity contribution in [3.05, 3.63) is 33.9 Å². The molecule has 1 aromatic carbocycles. The highest BCUT2D eigenvalue weighted by molar-refractivity contribution is 5.59. The molecule has 1 saturated heterocycles. The lowest BCUT2D eigenvalue weighted by Crippen LogP contribution is -2.33. The number of nitro groups is 1. The number of likely N-dealkylation sites (N-methyl/N-ethyl adjacent to an activating group) is 1. The average molecular weight is 279 g/mol. The maximum atomic E-state index is 10.9. The Morgan fingerprint density at radius 1 is 1.50 bits per heavy atom. The topological polar surface area (TPSA) is 81.6 Å². The highest BCUT2D eigenvalue weighted by atomic mass is 16.6. The van der Waals surface area contributed by atoms with E-state index in [1.807, 2.05) is 13.1 Å².